The molecule has 6 heteroatoms. The summed E-state index contributed by atoms with van der Waals surface area (Å²) in [5.41, 5.74) is 2.51. The normalized spacial score (nSPS) is 22.3. The fraction of sp³-hybridized carbons (Fsp3) is 0.667. The zero-order valence-corrected chi connectivity index (χ0v) is 7.10. The Kier molecular flexibility index (Phi) is 3.39. The molecule has 0 aromatic rings. The van der Waals surface area contributed by atoms with Gasteiger partial charge in [0, 0.05) is 6.42 Å². The highest BCUT2D eigenvalue weighted by atomic mass is 32.1. The average molecular weight is 191 g/mol. The molecule has 0 amide bonds. The molecule has 1 heterocycles. The zero-order chi connectivity index (χ0) is 8.97. The van der Waals surface area contributed by atoms with Gasteiger partial charge in [-0.25, -0.2) is 4.79 Å². The van der Waals surface area contributed by atoms with Gasteiger partial charge in [0.2, 0.25) is 0 Å². The third-order valence-corrected chi connectivity index (χ3v) is 1.53. The molecule has 1 atom stereocenters. The Morgan fingerprint density at radius 3 is 3.17 bits per heavy atom. The van der Waals surface area contributed by atoms with Crippen molar-refractivity contribution in [3.05, 3.63) is 0 Å². The number of aliphatic carboxylic acids is 1. The highest BCUT2D eigenvalue weighted by molar-refractivity contribution is 7.80. The van der Waals surface area contributed by atoms with E-state index in [1.807, 2.05) is 0 Å². The number of rotatable bonds is 4. The molecule has 0 saturated carbocycles. The van der Waals surface area contributed by atoms with E-state index in [-0.39, 0.29) is 19.3 Å². The van der Waals surface area contributed by atoms with Gasteiger partial charge in [-0.3, -0.25) is 10.3 Å². The monoisotopic (exact) mass is 191 g/mol. The van der Waals surface area contributed by atoms with Crippen LogP contribution in [-0.2, 0) is 14.4 Å². The van der Waals surface area contributed by atoms with Crippen molar-refractivity contribution in [3.8, 4) is 0 Å². The van der Waals surface area contributed by atoms with Gasteiger partial charge in [0.25, 0.3) is 0 Å². The molecule has 68 valence electrons. The van der Waals surface area contributed by atoms with E-state index in [1.165, 1.54) is 0 Å². The Morgan fingerprint density at radius 2 is 2.67 bits per heavy atom. The number of carboxylic acids is 1. The number of hydrogen-bond acceptors (Lipinski definition) is 4. The molecule has 1 saturated heterocycles. The van der Waals surface area contributed by atoms with E-state index in [4.69, 9.17) is 26.9 Å². The summed E-state index contributed by atoms with van der Waals surface area (Å²) >= 11 is 4.79. The molecule has 1 aliphatic rings. The van der Waals surface area contributed by atoms with Crippen LogP contribution in [0.25, 0.3) is 0 Å². The topological polar surface area (TPSA) is 67.8 Å². The molecule has 0 bridgehead atoms. The number of hydroxylamine groups is 1. The van der Waals surface area contributed by atoms with E-state index in [2.05, 4.69) is 5.48 Å². The maximum atomic E-state index is 10.0. The van der Waals surface area contributed by atoms with Crippen LogP contribution in [0, 0.1) is 0 Å². The van der Waals surface area contributed by atoms with Crippen LogP contribution in [0.1, 0.15) is 6.42 Å². The predicted molar refractivity (Wildman–Crippen MR) is 43.7 cm³/mol. The molecule has 1 unspecified atom stereocenters. The molecule has 0 spiro atoms. The van der Waals surface area contributed by atoms with Gasteiger partial charge in [-0.2, -0.15) is 0 Å². The van der Waals surface area contributed by atoms with Crippen LogP contribution in [0.4, 0.5) is 0 Å². The van der Waals surface area contributed by atoms with Crippen LogP contribution in [0.3, 0.4) is 0 Å². The molecule has 1 rings (SSSR count). The minimum Gasteiger partial charge on any atom is -0.480 e. The standard InChI is InChI=1S/C6H9NO4S/c8-6(9)3-10-2-4-1-5(12)7-11-4/h4H,1-3H2,(H,7,12)(H,8,9). The van der Waals surface area contributed by atoms with Crippen molar-refractivity contribution in [2.45, 2.75) is 12.5 Å². The molecule has 0 aliphatic carbocycles. The summed E-state index contributed by atoms with van der Waals surface area (Å²) < 4.78 is 4.80. The van der Waals surface area contributed by atoms with Crippen LogP contribution in [-0.4, -0.2) is 35.4 Å². The number of ether oxygens (including phenoxy) is 1. The van der Waals surface area contributed by atoms with Gasteiger partial charge in [-0.05, 0) is 0 Å². The van der Waals surface area contributed by atoms with Crippen LogP contribution in [0.2, 0.25) is 0 Å². The first kappa shape index (κ1) is 9.37. The Hall–Kier alpha value is -0.720. The smallest absolute Gasteiger partial charge is 0.329 e. The molecule has 2 N–H and O–H groups in total. The van der Waals surface area contributed by atoms with Gasteiger partial charge in [0.1, 0.15) is 17.7 Å². The van der Waals surface area contributed by atoms with E-state index >= 15 is 0 Å². The van der Waals surface area contributed by atoms with E-state index < -0.39 is 5.97 Å². The maximum Gasteiger partial charge on any atom is 0.329 e. The summed E-state index contributed by atoms with van der Waals surface area (Å²) in [6.07, 6.45) is 0.437. The first-order chi connectivity index (χ1) is 5.68. The number of carboxylic acid groups (broad SMARTS) is 1. The zero-order valence-electron chi connectivity index (χ0n) is 6.28. The fourth-order valence-electron chi connectivity index (χ4n) is 0.810. The van der Waals surface area contributed by atoms with E-state index in [0.29, 0.717) is 11.4 Å². The Bertz CT molecular complexity index is 196. The van der Waals surface area contributed by atoms with Crippen molar-refractivity contribution >= 4 is 23.2 Å². The van der Waals surface area contributed by atoms with Crippen molar-refractivity contribution in [1.82, 2.24) is 5.48 Å². The lowest BCUT2D eigenvalue weighted by atomic mass is 10.3. The Balaban J connectivity index is 2.08. The van der Waals surface area contributed by atoms with Crippen molar-refractivity contribution in [3.63, 3.8) is 0 Å². The number of nitrogens with one attached hydrogen (secondary N) is 1. The summed E-state index contributed by atoms with van der Waals surface area (Å²) in [6.45, 7) is -0.0495. The molecule has 1 fully saturated rings. The molecule has 0 radical (unpaired) electrons. The molecular weight excluding hydrogens is 182 g/mol. The minimum atomic E-state index is -0.983. The van der Waals surface area contributed by atoms with E-state index in [1.54, 1.807) is 0 Å². The third kappa shape index (κ3) is 3.12. The lowest BCUT2D eigenvalue weighted by Crippen LogP contribution is -2.19. The Labute approximate surface area is 74.6 Å². The molecule has 1 aliphatic heterocycles. The highest BCUT2D eigenvalue weighted by Crippen LogP contribution is 2.05. The third-order valence-electron chi connectivity index (χ3n) is 1.28. The van der Waals surface area contributed by atoms with Gasteiger partial charge in [-0.15, -0.1) is 0 Å². The summed E-state index contributed by atoms with van der Waals surface area (Å²) in [7, 11) is 0. The van der Waals surface area contributed by atoms with Crippen LogP contribution < -0.4 is 5.48 Å². The molecule has 0 aromatic carbocycles. The van der Waals surface area contributed by atoms with Crippen LogP contribution in [0.5, 0.6) is 0 Å². The van der Waals surface area contributed by atoms with Crippen LogP contribution >= 0.6 is 12.2 Å². The van der Waals surface area contributed by atoms with Gasteiger partial charge >= 0.3 is 5.97 Å². The summed E-state index contributed by atoms with van der Waals surface area (Å²) in [5.74, 6) is -0.983. The lowest BCUT2D eigenvalue weighted by molar-refractivity contribution is -0.143. The second kappa shape index (κ2) is 4.34. The Morgan fingerprint density at radius 1 is 1.92 bits per heavy atom. The lowest BCUT2D eigenvalue weighted by Gasteiger charge is -2.05. The summed E-state index contributed by atoms with van der Waals surface area (Å²) in [6, 6.07) is 0. The first-order valence-electron chi connectivity index (χ1n) is 3.42. The SMILES string of the molecule is O=C(O)COCC1CC(=S)NO1. The average Bonchev–Trinajstić information content (AvgIpc) is 2.35. The van der Waals surface area contributed by atoms with Crippen molar-refractivity contribution in [2.24, 2.45) is 0 Å². The predicted octanol–water partition coefficient (Wildman–Crippen LogP) is -0.292. The second-order valence-corrected chi connectivity index (χ2v) is 2.87. The number of hydrogen-bond donors (Lipinski definition) is 2. The van der Waals surface area contributed by atoms with Crippen molar-refractivity contribution < 1.29 is 19.5 Å². The largest absolute Gasteiger partial charge is 0.480 e. The fourth-order valence-corrected chi connectivity index (χ4v) is 1.04. The molecule has 12 heavy (non-hydrogen) atoms. The number of carbonyl (C=O) groups is 1. The second-order valence-electron chi connectivity index (χ2n) is 2.38. The van der Waals surface area contributed by atoms with Crippen molar-refractivity contribution in [2.75, 3.05) is 13.2 Å². The highest BCUT2D eigenvalue weighted by Gasteiger charge is 2.20. The van der Waals surface area contributed by atoms with E-state index in [0.717, 1.165) is 0 Å². The summed E-state index contributed by atoms with van der Waals surface area (Å²) in [5, 5.41) is 8.23. The molecule has 0 aromatic heterocycles. The van der Waals surface area contributed by atoms with Crippen molar-refractivity contribution in [1.29, 1.82) is 0 Å². The van der Waals surface area contributed by atoms with Gasteiger partial charge in [-0.1, -0.05) is 12.2 Å². The molecule has 5 nitrogen and oxygen atoms in total. The van der Waals surface area contributed by atoms with E-state index in [9.17, 15) is 4.79 Å². The van der Waals surface area contributed by atoms with Gasteiger partial charge < -0.3 is 9.84 Å². The number of thiocarbonyl (C=S) groups is 1. The summed E-state index contributed by atoms with van der Waals surface area (Å²) in [4.78, 5) is 15.6. The minimum absolute atomic E-state index is 0.156. The van der Waals surface area contributed by atoms with Crippen LogP contribution in [0.15, 0.2) is 0 Å². The first-order valence-corrected chi connectivity index (χ1v) is 3.83. The maximum absolute atomic E-state index is 10.0. The van der Waals surface area contributed by atoms with Gasteiger partial charge in [0.05, 0.1) is 6.61 Å². The van der Waals surface area contributed by atoms with Gasteiger partial charge in [0.15, 0.2) is 0 Å². The molecular formula is C6H9NO4S. The quantitative estimate of drug-likeness (QED) is 0.595.